The van der Waals surface area contributed by atoms with Crippen LogP contribution in [0.1, 0.15) is 49.1 Å². The minimum atomic E-state index is -0.135. The van der Waals surface area contributed by atoms with E-state index in [1.54, 1.807) is 0 Å². The number of benzene rings is 1. The van der Waals surface area contributed by atoms with E-state index < -0.39 is 0 Å². The molecule has 3 N–H and O–H groups in total. The predicted octanol–water partition coefficient (Wildman–Crippen LogP) is 2.10. The van der Waals surface area contributed by atoms with Crippen LogP contribution in [-0.4, -0.2) is 18.0 Å². The maximum atomic E-state index is 12.4. The normalized spacial score (nSPS) is 24.2. The Morgan fingerprint density at radius 2 is 2.11 bits per heavy atom. The first kappa shape index (κ1) is 12.7. The lowest BCUT2D eigenvalue weighted by Crippen LogP contribution is -2.55. The summed E-state index contributed by atoms with van der Waals surface area (Å²) >= 11 is 0. The molecule has 2 aliphatic carbocycles. The van der Waals surface area contributed by atoms with Crippen LogP contribution in [0.4, 0.5) is 0 Å². The first-order valence-electron chi connectivity index (χ1n) is 7.32. The van der Waals surface area contributed by atoms with Crippen molar-refractivity contribution in [2.75, 3.05) is 6.54 Å². The van der Waals surface area contributed by atoms with Gasteiger partial charge >= 0.3 is 0 Å². The van der Waals surface area contributed by atoms with E-state index in [0.29, 0.717) is 6.54 Å². The second-order valence-corrected chi connectivity index (χ2v) is 6.08. The highest BCUT2D eigenvalue weighted by molar-refractivity contribution is 5.84. The van der Waals surface area contributed by atoms with Crippen molar-refractivity contribution in [1.29, 1.82) is 0 Å². The van der Waals surface area contributed by atoms with Crippen LogP contribution in [0.2, 0.25) is 0 Å². The molecule has 1 fully saturated rings. The molecule has 0 aromatic heterocycles. The molecule has 0 heterocycles. The molecule has 0 saturated heterocycles. The molecule has 1 aromatic rings. The number of hydrogen-bond acceptors (Lipinski definition) is 2. The van der Waals surface area contributed by atoms with Gasteiger partial charge in [-0.15, -0.1) is 0 Å². The van der Waals surface area contributed by atoms with E-state index in [1.807, 2.05) is 6.07 Å². The van der Waals surface area contributed by atoms with Crippen LogP contribution in [0.15, 0.2) is 24.3 Å². The molecule has 2 aliphatic rings. The number of amides is 1. The molecule has 0 radical (unpaired) electrons. The van der Waals surface area contributed by atoms with Gasteiger partial charge < -0.3 is 11.1 Å². The number of carbonyl (C=O) groups excluding carboxylic acids is 1. The Labute approximate surface area is 114 Å². The molecular formula is C16H22N2O. The van der Waals surface area contributed by atoms with Crippen molar-refractivity contribution in [2.45, 2.75) is 50.0 Å². The van der Waals surface area contributed by atoms with Gasteiger partial charge in [0, 0.05) is 12.1 Å². The van der Waals surface area contributed by atoms with Crippen LogP contribution in [0.3, 0.4) is 0 Å². The standard InChI is InChI=1S/C16H22N2O/c17-16(9-4-10-16)11-18-15(19)14-8-3-6-12-5-1-2-7-13(12)14/h1-2,5,7,14H,3-4,6,8-11,17H2,(H,18,19). The van der Waals surface area contributed by atoms with Crippen molar-refractivity contribution < 1.29 is 4.79 Å². The Morgan fingerprint density at radius 1 is 1.32 bits per heavy atom. The Balaban J connectivity index is 1.67. The Kier molecular flexibility index (Phi) is 3.31. The summed E-state index contributed by atoms with van der Waals surface area (Å²) in [7, 11) is 0. The highest BCUT2D eigenvalue weighted by Gasteiger charge is 2.34. The van der Waals surface area contributed by atoms with E-state index in [2.05, 4.69) is 23.5 Å². The minimum Gasteiger partial charge on any atom is -0.354 e. The fraction of sp³-hybridized carbons (Fsp3) is 0.562. The van der Waals surface area contributed by atoms with Gasteiger partial charge in [-0.1, -0.05) is 24.3 Å². The maximum Gasteiger partial charge on any atom is 0.227 e. The highest BCUT2D eigenvalue weighted by Crippen LogP contribution is 2.32. The fourth-order valence-corrected chi connectivity index (χ4v) is 3.22. The molecule has 102 valence electrons. The third-order valence-electron chi connectivity index (χ3n) is 4.65. The van der Waals surface area contributed by atoms with Crippen molar-refractivity contribution in [1.82, 2.24) is 5.32 Å². The molecule has 3 heteroatoms. The van der Waals surface area contributed by atoms with Crippen LogP contribution < -0.4 is 11.1 Å². The molecule has 1 aromatic carbocycles. The number of rotatable bonds is 3. The third-order valence-corrected chi connectivity index (χ3v) is 4.65. The summed E-state index contributed by atoms with van der Waals surface area (Å²) in [4.78, 5) is 12.4. The summed E-state index contributed by atoms with van der Waals surface area (Å²) in [6.45, 7) is 0.629. The summed E-state index contributed by atoms with van der Waals surface area (Å²) in [5, 5.41) is 3.07. The van der Waals surface area contributed by atoms with Crippen LogP contribution in [0, 0.1) is 0 Å². The Morgan fingerprint density at radius 3 is 2.84 bits per heavy atom. The second kappa shape index (κ2) is 4.97. The van der Waals surface area contributed by atoms with Crippen LogP contribution in [0.25, 0.3) is 0 Å². The number of hydrogen-bond donors (Lipinski definition) is 2. The van der Waals surface area contributed by atoms with E-state index in [-0.39, 0.29) is 17.4 Å². The SMILES string of the molecule is NC1(CNC(=O)C2CCCc3ccccc32)CCC1. The third kappa shape index (κ3) is 2.52. The number of nitrogens with two attached hydrogens (primary N) is 1. The van der Waals surface area contributed by atoms with Gasteiger partial charge in [0.25, 0.3) is 0 Å². The first-order valence-corrected chi connectivity index (χ1v) is 7.32. The quantitative estimate of drug-likeness (QED) is 0.872. The number of nitrogens with one attached hydrogen (secondary N) is 1. The summed E-state index contributed by atoms with van der Waals surface area (Å²) < 4.78 is 0. The zero-order chi connectivity index (χ0) is 13.3. The number of fused-ring (bicyclic) bond motifs is 1. The van der Waals surface area contributed by atoms with Crippen LogP contribution in [-0.2, 0) is 11.2 Å². The monoisotopic (exact) mass is 258 g/mol. The molecule has 1 unspecified atom stereocenters. The minimum absolute atomic E-state index is 0.0219. The van der Waals surface area contributed by atoms with Crippen LogP contribution in [0.5, 0.6) is 0 Å². The van der Waals surface area contributed by atoms with E-state index in [9.17, 15) is 4.79 Å². The van der Waals surface area contributed by atoms with Gasteiger partial charge in [0.1, 0.15) is 0 Å². The summed E-state index contributed by atoms with van der Waals surface area (Å²) in [5.74, 6) is 0.178. The number of carbonyl (C=O) groups is 1. The van der Waals surface area contributed by atoms with E-state index in [1.165, 1.54) is 17.5 Å². The number of aryl methyl sites for hydroxylation is 1. The van der Waals surface area contributed by atoms with E-state index in [4.69, 9.17) is 5.73 Å². The van der Waals surface area contributed by atoms with Gasteiger partial charge in [-0.2, -0.15) is 0 Å². The zero-order valence-electron chi connectivity index (χ0n) is 11.3. The molecule has 3 rings (SSSR count). The maximum absolute atomic E-state index is 12.4. The van der Waals surface area contributed by atoms with Crippen molar-refractivity contribution in [3.8, 4) is 0 Å². The average Bonchev–Trinajstić information content (AvgIpc) is 2.42. The van der Waals surface area contributed by atoms with Crippen molar-refractivity contribution in [3.05, 3.63) is 35.4 Å². The molecule has 1 amide bonds. The van der Waals surface area contributed by atoms with E-state index >= 15 is 0 Å². The highest BCUT2D eigenvalue weighted by atomic mass is 16.1. The lowest BCUT2D eigenvalue weighted by Gasteiger charge is -2.38. The average molecular weight is 258 g/mol. The van der Waals surface area contributed by atoms with Gasteiger partial charge in [0.2, 0.25) is 5.91 Å². The molecule has 19 heavy (non-hydrogen) atoms. The van der Waals surface area contributed by atoms with Gasteiger partial charge in [0.15, 0.2) is 0 Å². The molecule has 3 nitrogen and oxygen atoms in total. The lowest BCUT2D eigenvalue weighted by molar-refractivity contribution is -0.123. The van der Waals surface area contributed by atoms with Gasteiger partial charge in [-0.05, 0) is 49.7 Å². The first-order chi connectivity index (χ1) is 9.18. The van der Waals surface area contributed by atoms with E-state index in [0.717, 1.165) is 32.1 Å². The van der Waals surface area contributed by atoms with Crippen LogP contribution >= 0.6 is 0 Å². The van der Waals surface area contributed by atoms with Crippen molar-refractivity contribution in [3.63, 3.8) is 0 Å². The Hall–Kier alpha value is -1.35. The molecule has 0 aliphatic heterocycles. The topological polar surface area (TPSA) is 55.1 Å². The Bertz CT molecular complexity index is 479. The molecule has 1 saturated carbocycles. The molecule has 1 atom stereocenters. The summed E-state index contributed by atoms with van der Waals surface area (Å²) in [6.07, 6.45) is 6.42. The molecule has 0 spiro atoms. The largest absolute Gasteiger partial charge is 0.354 e. The lowest BCUT2D eigenvalue weighted by atomic mass is 9.77. The van der Waals surface area contributed by atoms with Gasteiger partial charge in [0.05, 0.1) is 5.92 Å². The zero-order valence-corrected chi connectivity index (χ0v) is 11.3. The molecule has 0 bridgehead atoms. The summed E-state index contributed by atoms with van der Waals surface area (Å²) in [6, 6.07) is 8.33. The van der Waals surface area contributed by atoms with Gasteiger partial charge in [-0.25, -0.2) is 0 Å². The van der Waals surface area contributed by atoms with Crippen molar-refractivity contribution in [2.24, 2.45) is 5.73 Å². The molecular weight excluding hydrogens is 236 g/mol. The fourth-order valence-electron chi connectivity index (χ4n) is 3.22. The second-order valence-electron chi connectivity index (χ2n) is 6.08. The summed E-state index contributed by atoms with van der Waals surface area (Å²) in [5.41, 5.74) is 8.57. The predicted molar refractivity (Wildman–Crippen MR) is 75.9 cm³/mol. The van der Waals surface area contributed by atoms with Crippen molar-refractivity contribution >= 4 is 5.91 Å². The van der Waals surface area contributed by atoms with Gasteiger partial charge in [-0.3, -0.25) is 4.79 Å². The smallest absolute Gasteiger partial charge is 0.227 e.